The van der Waals surface area contributed by atoms with E-state index >= 15 is 0 Å². The van der Waals surface area contributed by atoms with E-state index in [9.17, 15) is 0 Å². The third-order valence-electron chi connectivity index (χ3n) is 3.88. The van der Waals surface area contributed by atoms with Crippen molar-refractivity contribution in [2.75, 3.05) is 43.3 Å². The molecule has 0 saturated carbocycles. The second kappa shape index (κ2) is 6.12. The summed E-state index contributed by atoms with van der Waals surface area (Å²) in [6.07, 6.45) is 0. The normalized spacial score (nSPS) is 10.6. The van der Waals surface area contributed by atoms with Crippen LogP contribution in [-0.2, 0) is 0 Å². The van der Waals surface area contributed by atoms with Crippen molar-refractivity contribution in [3.63, 3.8) is 0 Å². The molecule has 118 valence electrons. The van der Waals surface area contributed by atoms with Gasteiger partial charge in [-0.05, 0) is 36.4 Å². The lowest BCUT2D eigenvalue weighted by Gasteiger charge is -2.22. The topological polar surface area (TPSA) is 44.3 Å². The van der Waals surface area contributed by atoms with Crippen molar-refractivity contribution in [3.8, 4) is 0 Å². The number of fused-ring (bicyclic) bond motifs is 1. The highest BCUT2D eigenvalue weighted by Crippen LogP contribution is 2.30. The van der Waals surface area contributed by atoms with Crippen molar-refractivity contribution >= 4 is 34.0 Å². The molecule has 2 aromatic carbocycles. The SMILES string of the molecule is CNc1nc(N(C)c2ccc(N(C)C)cc2)c2ccccc2n1. The molecule has 5 nitrogen and oxygen atoms in total. The van der Waals surface area contributed by atoms with Crippen LogP contribution in [0.5, 0.6) is 0 Å². The van der Waals surface area contributed by atoms with Gasteiger partial charge in [0.05, 0.1) is 5.52 Å². The smallest absolute Gasteiger partial charge is 0.224 e. The molecular weight excluding hydrogens is 286 g/mol. The molecule has 0 aliphatic heterocycles. The van der Waals surface area contributed by atoms with Gasteiger partial charge in [0.1, 0.15) is 5.82 Å². The maximum absolute atomic E-state index is 4.65. The molecule has 0 atom stereocenters. The van der Waals surface area contributed by atoms with Gasteiger partial charge in [-0.2, -0.15) is 4.98 Å². The average molecular weight is 307 g/mol. The number of aromatic nitrogens is 2. The molecule has 0 fully saturated rings. The Hall–Kier alpha value is -2.82. The first-order chi connectivity index (χ1) is 11.1. The lowest BCUT2D eigenvalue weighted by molar-refractivity contribution is 1.10. The second-order valence-corrected chi connectivity index (χ2v) is 5.61. The highest BCUT2D eigenvalue weighted by molar-refractivity contribution is 5.92. The maximum atomic E-state index is 4.65. The largest absolute Gasteiger partial charge is 0.378 e. The second-order valence-electron chi connectivity index (χ2n) is 5.61. The fourth-order valence-electron chi connectivity index (χ4n) is 2.52. The number of rotatable bonds is 4. The first-order valence-electron chi connectivity index (χ1n) is 7.56. The molecule has 1 heterocycles. The van der Waals surface area contributed by atoms with E-state index in [-0.39, 0.29) is 0 Å². The number of benzene rings is 2. The van der Waals surface area contributed by atoms with Gasteiger partial charge in [-0.15, -0.1) is 0 Å². The highest BCUT2D eigenvalue weighted by Gasteiger charge is 2.12. The number of hydrogen-bond acceptors (Lipinski definition) is 5. The van der Waals surface area contributed by atoms with Crippen molar-refractivity contribution in [1.82, 2.24) is 9.97 Å². The Balaban J connectivity index is 2.07. The molecule has 3 aromatic rings. The van der Waals surface area contributed by atoms with Gasteiger partial charge in [0, 0.05) is 45.0 Å². The third-order valence-corrected chi connectivity index (χ3v) is 3.88. The first-order valence-corrected chi connectivity index (χ1v) is 7.56. The Kier molecular flexibility index (Phi) is 4.02. The van der Waals surface area contributed by atoms with E-state index in [0.29, 0.717) is 5.95 Å². The van der Waals surface area contributed by atoms with Crippen LogP contribution in [0, 0.1) is 0 Å². The summed E-state index contributed by atoms with van der Waals surface area (Å²) >= 11 is 0. The summed E-state index contributed by atoms with van der Waals surface area (Å²) in [5, 5.41) is 4.07. The molecule has 0 amide bonds. The minimum atomic E-state index is 0.621. The number of anilines is 4. The van der Waals surface area contributed by atoms with Gasteiger partial charge in [-0.25, -0.2) is 4.98 Å². The van der Waals surface area contributed by atoms with Gasteiger partial charge in [0.15, 0.2) is 0 Å². The third kappa shape index (κ3) is 2.90. The van der Waals surface area contributed by atoms with Crippen molar-refractivity contribution in [2.45, 2.75) is 0 Å². The zero-order chi connectivity index (χ0) is 16.4. The Morgan fingerprint density at radius 2 is 1.48 bits per heavy atom. The molecule has 0 bridgehead atoms. The molecule has 0 aliphatic carbocycles. The van der Waals surface area contributed by atoms with E-state index in [1.54, 1.807) is 0 Å². The van der Waals surface area contributed by atoms with Crippen LogP contribution in [0.4, 0.5) is 23.1 Å². The summed E-state index contributed by atoms with van der Waals surface area (Å²) in [4.78, 5) is 13.3. The minimum absolute atomic E-state index is 0.621. The van der Waals surface area contributed by atoms with Crippen LogP contribution in [0.1, 0.15) is 0 Å². The fraction of sp³-hybridized carbons (Fsp3) is 0.222. The van der Waals surface area contributed by atoms with E-state index in [0.717, 1.165) is 22.4 Å². The lowest BCUT2D eigenvalue weighted by Crippen LogP contribution is -2.14. The zero-order valence-electron chi connectivity index (χ0n) is 13.9. The van der Waals surface area contributed by atoms with E-state index < -0.39 is 0 Å². The van der Waals surface area contributed by atoms with Gasteiger partial charge < -0.3 is 15.1 Å². The van der Waals surface area contributed by atoms with Crippen LogP contribution >= 0.6 is 0 Å². The van der Waals surface area contributed by atoms with Gasteiger partial charge in [-0.3, -0.25) is 0 Å². The molecule has 1 aromatic heterocycles. The summed E-state index contributed by atoms with van der Waals surface area (Å²) in [6, 6.07) is 16.5. The van der Waals surface area contributed by atoms with Crippen molar-refractivity contribution in [2.24, 2.45) is 0 Å². The molecule has 0 radical (unpaired) electrons. The summed E-state index contributed by atoms with van der Waals surface area (Å²) < 4.78 is 0. The summed E-state index contributed by atoms with van der Waals surface area (Å²) in [5.41, 5.74) is 3.19. The van der Waals surface area contributed by atoms with Crippen molar-refractivity contribution in [3.05, 3.63) is 48.5 Å². The molecule has 3 rings (SSSR count). The minimum Gasteiger partial charge on any atom is -0.378 e. The van der Waals surface area contributed by atoms with Crippen molar-refractivity contribution < 1.29 is 0 Å². The van der Waals surface area contributed by atoms with Crippen LogP contribution < -0.4 is 15.1 Å². The average Bonchev–Trinajstić information content (AvgIpc) is 2.60. The zero-order valence-corrected chi connectivity index (χ0v) is 13.9. The predicted molar refractivity (Wildman–Crippen MR) is 97.9 cm³/mol. The Bertz CT molecular complexity index is 811. The molecule has 1 N–H and O–H groups in total. The molecule has 5 heteroatoms. The van der Waals surface area contributed by atoms with Gasteiger partial charge in [-0.1, -0.05) is 12.1 Å². The molecular formula is C18H21N5. The van der Waals surface area contributed by atoms with Crippen LogP contribution in [0.3, 0.4) is 0 Å². The number of nitrogens with one attached hydrogen (secondary N) is 1. The fourth-order valence-corrected chi connectivity index (χ4v) is 2.52. The first kappa shape index (κ1) is 15.1. The molecule has 23 heavy (non-hydrogen) atoms. The van der Waals surface area contributed by atoms with E-state index in [1.807, 2.05) is 46.4 Å². The van der Waals surface area contributed by atoms with Crippen LogP contribution in [-0.4, -0.2) is 38.2 Å². The maximum Gasteiger partial charge on any atom is 0.224 e. The van der Waals surface area contributed by atoms with Gasteiger partial charge >= 0.3 is 0 Å². The number of hydrogen-bond donors (Lipinski definition) is 1. The highest BCUT2D eigenvalue weighted by atomic mass is 15.2. The Morgan fingerprint density at radius 1 is 0.826 bits per heavy atom. The summed E-state index contributed by atoms with van der Waals surface area (Å²) in [6.45, 7) is 0. The number of nitrogens with zero attached hydrogens (tertiary/aromatic N) is 4. The van der Waals surface area contributed by atoms with Crippen LogP contribution in [0.15, 0.2) is 48.5 Å². The summed E-state index contributed by atoms with van der Waals surface area (Å²) in [7, 11) is 7.93. The quantitative estimate of drug-likeness (QED) is 0.799. The van der Waals surface area contributed by atoms with Crippen LogP contribution in [0.25, 0.3) is 10.9 Å². The van der Waals surface area contributed by atoms with E-state index in [4.69, 9.17) is 0 Å². The van der Waals surface area contributed by atoms with E-state index in [2.05, 4.69) is 55.4 Å². The predicted octanol–water partition coefficient (Wildman–Crippen LogP) is 3.51. The monoisotopic (exact) mass is 307 g/mol. The van der Waals surface area contributed by atoms with Gasteiger partial charge in [0.2, 0.25) is 5.95 Å². The molecule has 0 spiro atoms. The van der Waals surface area contributed by atoms with E-state index in [1.165, 1.54) is 5.69 Å². The molecule has 0 aliphatic rings. The van der Waals surface area contributed by atoms with Crippen molar-refractivity contribution in [1.29, 1.82) is 0 Å². The Labute approximate surface area is 136 Å². The Morgan fingerprint density at radius 3 is 2.13 bits per heavy atom. The van der Waals surface area contributed by atoms with Gasteiger partial charge in [0.25, 0.3) is 0 Å². The molecule has 0 unspecified atom stereocenters. The lowest BCUT2D eigenvalue weighted by atomic mass is 10.2. The number of para-hydroxylation sites is 1. The summed E-state index contributed by atoms with van der Waals surface area (Å²) in [5.74, 6) is 1.51. The standard InChI is InChI=1S/C18H21N5/c1-19-18-20-16-8-6-5-7-15(16)17(21-18)23(4)14-11-9-13(10-12-14)22(2)3/h5-12H,1-4H3,(H,19,20,21). The molecule has 0 saturated heterocycles. The van der Waals surface area contributed by atoms with Crippen LogP contribution in [0.2, 0.25) is 0 Å².